The number of nitrogens with one attached hydrogen (secondary N) is 1. The minimum Gasteiger partial charge on any atom is -0.352 e. The van der Waals surface area contributed by atoms with Crippen LogP contribution >= 0.6 is 11.6 Å². The van der Waals surface area contributed by atoms with Gasteiger partial charge >= 0.3 is 0 Å². The third-order valence-corrected chi connectivity index (χ3v) is 10.8. The molecule has 7 nitrogen and oxygen atoms in total. The van der Waals surface area contributed by atoms with Crippen LogP contribution < -0.4 is 9.62 Å². The van der Waals surface area contributed by atoms with Crippen molar-refractivity contribution in [2.75, 3.05) is 10.8 Å². The summed E-state index contributed by atoms with van der Waals surface area (Å²) in [6.07, 6.45) is 3.84. The molecule has 47 heavy (non-hydrogen) atoms. The molecule has 5 rings (SSSR count). The molecule has 0 bridgehead atoms. The summed E-state index contributed by atoms with van der Waals surface area (Å²) in [5.74, 6) is -1.53. The van der Waals surface area contributed by atoms with Gasteiger partial charge in [-0.1, -0.05) is 79.0 Å². The first-order valence-electron chi connectivity index (χ1n) is 15.8. The highest BCUT2D eigenvalue weighted by molar-refractivity contribution is 7.92. The molecule has 0 unspecified atom stereocenters. The second-order valence-corrected chi connectivity index (χ2v) is 14.3. The van der Waals surface area contributed by atoms with Crippen molar-refractivity contribution in [2.24, 2.45) is 0 Å². The van der Waals surface area contributed by atoms with Crippen molar-refractivity contribution in [3.05, 3.63) is 130 Å². The molecule has 1 atom stereocenters. The number of nitrogens with zero attached hydrogens (tertiary/aromatic N) is 2. The zero-order valence-electron chi connectivity index (χ0n) is 26.5. The molecular formula is C37H39ClFN3O4S. The van der Waals surface area contributed by atoms with Gasteiger partial charge in [-0.15, -0.1) is 0 Å². The molecule has 1 aliphatic rings. The standard InChI is InChI=1S/C37H39ClFN3O4S/c1-26-16-19-32(22-27(26)2)42(47(45,46)33-20-17-30(38)18-21-33)25-36(43)41(24-29-12-6-9-15-34(29)39)35(23-28-10-4-3-5-11-28)37(44)40-31-13-7-8-14-31/h3-6,9-12,15-22,31,35H,7-8,13-14,23-25H2,1-2H3,(H,40,44)/t35-/m1/s1. The Morgan fingerprint density at radius 1 is 0.894 bits per heavy atom. The van der Waals surface area contributed by atoms with E-state index in [9.17, 15) is 18.0 Å². The molecule has 0 aromatic heterocycles. The van der Waals surface area contributed by atoms with Gasteiger partial charge in [-0.05, 0) is 85.8 Å². The number of carbonyl (C=O) groups excluding carboxylic acids is 2. The average Bonchev–Trinajstić information content (AvgIpc) is 3.57. The van der Waals surface area contributed by atoms with E-state index in [-0.39, 0.29) is 41.1 Å². The van der Waals surface area contributed by atoms with E-state index in [4.69, 9.17) is 11.6 Å². The number of sulfonamides is 1. The second-order valence-electron chi connectivity index (χ2n) is 12.0. The van der Waals surface area contributed by atoms with Gasteiger partial charge in [-0.2, -0.15) is 0 Å². The highest BCUT2D eigenvalue weighted by Crippen LogP contribution is 2.28. The van der Waals surface area contributed by atoms with Crippen LogP contribution in [0.3, 0.4) is 0 Å². The lowest BCUT2D eigenvalue weighted by Crippen LogP contribution is -2.54. The number of halogens is 2. The van der Waals surface area contributed by atoms with E-state index < -0.39 is 34.3 Å². The molecule has 1 N–H and O–H groups in total. The van der Waals surface area contributed by atoms with Gasteiger partial charge in [-0.3, -0.25) is 13.9 Å². The molecule has 0 aliphatic heterocycles. The van der Waals surface area contributed by atoms with Crippen molar-refractivity contribution >= 4 is 39.1 Å². The Bertz CT molecular complexity index is 1810. The molecular weight excluding hydrogens is 637 g/mol. The van der Waals surface area contributed by atoms with Crippen LogP contribution in [0.4, 0.5) is 10.1 Å². The van der Waals surface area contributed by atoms with E-state index >= 15 is 4.39 Å². The fourth-order valence-corrected chi connectivity index (χ4v) is 7.41. The maximum Gasteiger partial charge on any atom is 0.264 e. The fourth-order valence-electron chi connectivity index (χ4n) is 5.87. The quantitative estimate of drug-likeness (QED) is 0.175. The third kappa shape index (κ3) is 8.39. The first-order chi connectivity index (χ1) is 22.5. The Balaban J connectivity index is 1.58. The summed E-state index contributed by atoms with van der Waals surface area (Å²) in [6, 6.07) is 25.2. The largest absolute Gasteiger partial charge is 0.352 e. The molecule has 0 saturated heterocycles. The van der Waals surface area contributed by atoms with Gasteiger partial charge in [0.15, 0.2) is 0 Å². The number of hydrogen-bond acceptors (Lipinski definition) is 4. The second kappa shape index (κ2) is 15.1. The van der Waals surface area contributed by atoms with E-state index in [0.29, 0.717) is 5.02 Å². The zero-order valence-corrected chi connectivity index (χ0v) is 28.1. The average molecular weight is 676 g/mol. The van der Waals surface area contributed by atoms with Gasteiger partial charge in [0.05, 0.1) is 10.6 Å². The first-order valence-corrected chi connectivity index (χ1v) is 17.6. The predicted octanol–water partition coefficient (Wildman–Crippen LogP) is 6.99. The summed E-state index contributed by atoms with van der Waals surface area (Å²) in [7, 11) is -4.28. The summed E-state index contributed by atoms with van der Waals surface area (Å²) in [5.41, 5.74) is 3.11. The molecule has 10 heteroatoms. The minimum absolute atomic E-state index is 0.0245. The number of benzene rings is 4. The molecule has 246 valence electrons. The van der Waals surface area contributed by atoms with Crippen molar-refractivity contribution < 1.29 is 22.4 Å². The van der Waals surface area contributed by atoms with Crippen molar-refractivity contribution in [3.8, 4) is 0 Å². The number of anilines is 1. The molecule has 4 aromatic rings. The Kier molecular flexibility index (Phi) is 11.0. The fraction of sp³-hybridized carbons (Fsp3) is 0.297. The van der Waals surface area contributed by atoms with Gasteiger partial charge in [0.2, 0.25) is 11.8 Å². The van der Waals surface area contributed by atoms with Crippen molar-refractivity contribution in [1.82, 2.24) is 10.2 Å². The topological polar surface area (TPSA) is 86.8 Å². The lowest BCUT2D eigenvalue weighted by Gasteiger charge is -2.34. The van der Waals surface area contributed by atoms with E-state index in [1.54, 1.807) is 36.4 Å². The summed E-state index contributed by atoms with van der Waals surface area (Å²) in [5, 5.41) is 3.49. The van der Waals surface area contributed by atoms with Crippen molar-refractivity contribution in [1.29, 1.82) is 0 Å². The number of hydrogen-bond donors (Lipinski definition) is 1. The van der Waals surface area contributed by atoms with Crippen molar-refractivity contribution in [3.63, 3.8) is 0 Å². The monoisotopic (exact) mass is 675 g/mol. The first kappa shape index (κ1) is 34.1. The summed E-state index contributed by atoms with van der Waals surface area (Å²) >= 11 is 6.07. The van der Waals surface area contributed by atoms with Crippen LogP contribution in [0.5, 0.6) is 0 Å². The van der Waals surface area contributed by atoms with Gasteiger partial charge in [0.1, 0.15) is 18.4 Å². The maximum absolute atomic E-state index is 15.1. The number of amides is 2. The van der Waals surface area contributed by atoms with Crippen LogP contribution in [-0.4, -0.2) is 43.8 Å². The van der Waals surface area contributed by atoms with E-state index in [2.05, 4.69) is 5.32 Å². The van der Waals surface area contributed by atoms with Gasteiger partial charge in [0, 0.05) is 29.6 Å². The lowest BCUT2D eigenvalue weighted by atomic mass is 10.0. The summed E-state index contributed by atoms with van der Waals surface area (Å²) in [6.45, 7) is 2.92. The minimum atomic E-state index is -4.28. The predicted molar refractivity (Wildman–Crippen MR) is 183 cm³/mol. The van der Waals surface area contributed by atoms with Crippen LogP contribution in [-0.2, 0) is 32.6 Å². The summed E-state index contributed by atoms with van der Waals surface area (Å²) in [4.78, 5) is 29.9. The number of aryl methyl sites for hydroxylation is 2. The molecule has 0 heterocycles. The molecule has 1 fully saturated rings. The van der Waals surface area contributed by atoms with Crippen molar-refractivity contribution in [2.45, 2.75) is 69.5 Å². The number of rotatable bonds is 12. The Morgan fingerprint density at radius 3 is 2.21 bits per heavy atom. The van der Waals surface area contributed by atoms with Gasteiger partial charge < -0.3 is 10.2 Å². The third-order valence-electron chi connectivity index (χ3n) is 8.73. The highest BCUT2D eigenvalue weighted by atomic mass is 35.5. The zero-order chi connectivity index (χ0) is 33.6. The molecule has 0 spiro atoms. The SMILES string of the molecule is Cc1ccc(N(CC(=O)N(Cc2ccccc2F)[C@H](Cc2ccccc2)C(=O)NC2CCCC2)S(=O)(=O)c2ccc(Cl)cc2)cc1C. The van der Waals surface area contributed by atoms with E-state index in [1.807, 2.05) is 44.2 Å². The van der Waals surface area contributed by atoms with E-state index in [1.165, 1.54) is 35.2 Å². The molecule has 1 saturated carbocycles. The van der Waals surface area contributed by atoms with Crippen LogP contribution in [0.15, 0.2) is 102 Å². The van der Waals surface area contributed by atoms with E-state index in [0.717, 1.165) is 46.7 Å². The smallest absolute Gasteiger partial charge is 0.264 e. The Hall–Kier alpha value is -4.21. The Morgan fingerprint density at radius 2 is 1.55 bits per heavy atom. The van der Waals surface area contributed by atoms with Gasteiger partial charge in [-0.25, -0.2) is 12.8 Å². The van der Waals surface area contributed by atoms with Crippen LogP contribution in [0.1, 0.15) is 47.9 Å². The molecule has 4 aromatic carbocycles. The molecule has 0 radical (unpaired) electrons. The normalized spacial score (nSPS) is 14.0. The van der Waals surface area contributed by atoms with Crippen LogP contribution in [0.25, 0.3) is 0 Å². The highest BCUT2D eigenvalue weighted by Gasteiger charge is 2.36. The number of carbonyl (C=O) groups is 2. The van der Waals surface area contributed by atoms with Crippen LogP contribution in [0.2, 0.25) is 5.02 Å². The van der Waals surface area contributed by atoms with Crippen LogP contribution in [0, 0.1) is 19.7 Å². The molecule has 1 aliphatic carbocycles. The van der Waals surface area contributed by atoms with Gasteiger partial charge in [0.25, 0.3) is 10.0 Å². The Labute approximate surface area is 281 Å². The maximum atomic E-state index is 15.1. The molecule has 2 amide bonds. The summed E-state index contributed by atoms with van der Waals surface area (Å²) < 4.78 is 44.6. The lowest BCUT2D eigenvalue weighted by molar-refractivity contribution is -0.140.